The second-order valence-corrected chi connectivity index (χ2v) is 4.37. The molecule has 0 saturated heterocycles. The minimum atomic E-state index is -0.240. The van der Waals surface area contributed by atoms with Crippen molar-refractivity contribution in [3.05, 3.63) is 17.7 Å². The van der Waals surface area contributed by atoms with Gasteiger partial charge in [0.05, 0.1) is 12.1 Å². The Hall–Kier alpha value is -1.91. The van der Waals surface area contributed by atoms with Crippen LogP contribution in [0.1, 0.15) is 32.3 Å². The molecule has 0 aromatic heterocycles. The van der Waals surface area contributed by atoms with Crippen LogP contribution in [0.3, 0.4) is 0 Å². The van der Waals surface area contributed by atoms with Gasteiger partial charge in [0.25, 0.3) is 0 Å². The van der Waals surface area contributed by atoms with E-state index in [1.807, 2.05) is 13.8 Å². The molecule has 4 N–H and O–H groups in total. The van der Waals surface area contributed by atoms with Gasteiger partial charge in [-0.05, 0) is 6.42 Å². The van der Waals surface area contributed by atoms with Gasteiger partial charge in [-0.3, -0.25) is 4.79 Å². The van der Waals surface area contributed by atoms with Crippen molar-refractivity contribution in [1.29, 1.82) is 0 Å². The zero-order valence-corrected chi connectivity index (χ0v) is 10.6. The second kappa shape index (κ2) is 6.14. The van der Waals surface area contributed by atoms with Crippen LogP contribution in [-0.2, 0) is 11.3 Å². The lowest BCUT2D eigenvalue weighted by molar-refractivity contribution is -0.124. The highest BCUT2D eigenvalue weighted by Crippen LogP contribution is 2.31. The molecule has 5 heteroatoms. The van der Waals surface area contributed by atoms with Gasteiger partial charge < -0.3 is 20.6 Å². The van der Waals surface area contributed by atoms with Crippen LogP contribution in [0.4, 0.5) is 0 Å². The van der Waals surface area contributed by atoms with Gasteiger partial charge >= 0.3 is 0 Å². The molecule has 1 aromatic carbocycles. The molecule has 0 fully saturated rings. The molecule has 0 aliphatic heterocycles. The predicted octanol–water partition coefficient (Wildman–Crippen LogP) is 1.86. The summed E-state index contributed by atoms with van der Waals surface area (Å²) >= 11 is 0. The van der Waals surface area contributed by atoms with E-state index in [2.05, 4.69) is 5.32 Å². The normalized spacial score (nSPS) is 12.1. The molecule has 0 radical (unpaired) electrons. The summed E-state index contributed by atoms with van der Waals surface area (Å²) < 4.78 is 0. The van der Waals surface area contributed by atoms with E-state index in [1.165, 1.54) is 0 Å². The molecule has 0 aliphatic rings. The maximum atomic E-state index is 11.7. The highest BCUT2D eigenvalue weighted by Gasteiger charge is 2.14. The fourth-order valence-electron chi connectivity index (χ4n) is 1.72. The Balaban J connectivity index is 2.67. The van der Waals surface area contributed by atoms with Crippen molar-refractivity contribution in [3.8, 4) is 17.2 Å². The van der Waals surface area contributed by atoms with Crippen molar-refractivity contribution in [1.82, 2.24) is 5.32 Å². The van der Waals surface area contributed by atoms with E-state index in [1.54, 1.807) is 0 Å². The lowest BCUT2D eigenvalue weighted by Crippen LogP contribution is -2.28. The van der Waals surface area contributed by atoms with Gasteiger partial charge in [-0.25, -0.2) is 0 Å². The minimum absolute atomic E-state index is 0.0326. The van der Waals surface area contributed by atoms with Crippen LogP contribution >= 0.6 is 0 Å². The predicted molar refractivity (Wildman–Crippen MR) is 67.4 cm³/mol. The second-order valence-electron chi connectivity index (χ2n) is 4.37. The fraction of sp³-hybridized carbons (Fsp3) is 0.462. The molecule has 18 heavy (non-hydrogen) atoms. The summed E-state index contributed by atoms with van der Waals surface area (Å²) in [7, 11) is 0. The van der Waals surface area contributed by atoms with Crippen molar-refractivity contribution >= 4 is 5.91 Å². The van der Waals surface area contributed by atoms with Crippen LogP contribution in [0.2, 0.25) is 0 Å². The zero-order valence-electron chi connectivity index (χ0n) is 10.6. The van der Waals surface area contributed by atoms with Crippen molar-refractivity contribution in [2.24, 2.45) is 5.92 Å². The summed E-state index contributed by atoms with van der Waals surface area (Å²) in [6, 6.07) is 2.24. The Labute approximate surface area is 106 Å². The Morgan fingerprint density at radius 3 is 2.33 bits per heavy atom. The van der Waals surface area contributed by atoms with E-state index in [9.17, 15) is 15.0 Å². The molecular formula is C13H19NO4. The first-order valence-corrected chi connectivity index (χ1v) is 5.97. The smallest absolute Gasteiger partial charge is 0.223 e. The zero-order chi connectivity index (χ0) is 13.7. The molecule has 0 aliphatic carbocycles. The van der Waals surface area contributed by atoms with E-state index in [4.69, 9.17) is 5.11 Å². The first-order valence-electron chi connectivity index (χ1n) is 5.97. The van der Waals surface area contributed by atoms with Crippen LogP contribution < -0.4 is 5.32 Å². The number of carbonyl (C=O) groups is 1. The lowest BCUT2D eigenvalue weighted by atomic mass is 10.1. The number of phenolic OH excluding ortho intramolecular Hbond substituents is 3. The van der Waals surface area contributed by atoms with Crippen LogP contribution in [0.25, 0.3) is 0 Å². The molecule has 5 nitrogen and oxygen atoms in total. The lowest BCUT2D eigenvalue weighted by Gasteiger charge is -2.13. The first kappa shape index (κ1) is 14.2. The van der Waals surface area contributed by atoms with E-state index < -0.39 is 0 Å². The Bertz CT molecular complexity index is 408. The topological polar surface area (TPSA) is 89.8 Å². The van der Waals surface area contributed by atoms with Crippen molar-refractivity contribution < 1.29 is 20.1 Å². The maximum Gasteiger partial charge on any atom is 0.223 e. The SMILES string of the molecule is CCCC(C)C(=O)NCc1c(O)cc(O)cc1O. The van der Waals surface area contributed by atoms with Crippen LogP contribution in [0, 0.1) is 5.92 Å². The summed E-state index contributed by atoms with van der Waals surface area (Å²) in [5.74, 6) is -0.925. The number of rotatable bonds is 5. The quantitative estimate of drug-likeness (QED) is 0.644. The van der Waals surface area contributed by atoms with E-state index in [0.717, 1.165) is 25.0 Å². The fourth-order valence-corrected chi connectivity index (χ4v) is 1.72. The molecule has 1 unspecified atom stereocenters. The molecular weight excluding hydrogens is 234 g/mol. The number of carbonyl (C=O) groups excluding carboxylic acids is 1. The highest BCUT2D eigenvalue weighted by atomic mass is 16.3. The van der Waals surface area contributed by atoms with Gasteiger partial charge in [-0.1, -0.05) is 20.3 Å². The molecule has 100 valence electrons. The van der Waals surface area contributed by atoms with Crippen molar-refractivity contribution in [3.63, 3.8) is 0 Å². The Morgan fingerprint density at radius 2 is 1.83 bits per heavy atom. The highest BCUT2D eigenvalue weighted by molar-refractivity contribution is 5.78. The summed E-state index contributed by atoms with van der Waals surface area (Å²) in [5.41, 5.74) is 0.199. The maximum absolute atomic E-state index is 11.7. The third-order valence-corrected chi connectivity index (χ3v) is 2.80. The van der Waals surface area contributed by atoms with E-state index in [0.29, 0.717) is 0 Å². The molecule has 1 atom stereocenters. The molecule has 0 spiro atoms. The molecule has 0 heterocycles. The van der Waals surface area contributed by atoms with Gasteiger partial charge in [0, 0.05) is 18.1 Å². The van der Waals surface area contributed by atoms with Crippen LogP contribution in [-0.4, -0.2) is 21.2 Å². The number of hydrogen-bond acceptors (Lipinski definition) is 4. The average Bonchev–Trinajstić information content (AvgIpc) is 2.27. The Morgan fingerprint density at radius 1 is 1.28 bits per heavy atom. The third-order valence-electron chi connectivity index (χ3n) is 2.80. The van der Waals surface area contributed by atoms with Gasteiger partial charge in [-0.15, -0.1) is 0 Å². The van der Waals surface area contributed by atoms with Gasteiger partial charge in [-0.2, -0.15) is 0 Å². The minimum Gasteiger partial charge on any atom is -0.508 e. The first-order chi connectivity index (χ1) is 8.45. The molecule has 1 amide bonds. The number of hydrogen-bond donors (Lipinski definition) is 4. The summed E-state index contributed by atoms with van der Waals surface area (Å²) in [5, 5.41) is 30.9. The van der Waals surface area contributed by atoms with Gasteiger partial charge in [0.15, 0.2) is 0 Å². The number of aromatic hydroxyl groups is 3. The molecule has 0 bridgehead atoms. The number of amides is 1. The van der Waals surface area contributed by atoms with Gasteiger partial charge in [0.1, 0.15) is 17.2 Å². The Kier molecular flexibility index (Phi) is 4.83. The van der Waals surface area contributed by atoms with E-state index >= 15 is 0 Å². The van der Waals surface area contributed by atoms with Crippen LogP contribution in [0.15, 0.2) is 12.1 Å². The molecule has 0 saturated carbocycles. The van der Waals surface area contributed by atoms with E-state index in [-0.39, 0.29) is 41.2 Å². The summed E-state index contributed by atoms with van der Waals surface area (Å²) in [4.78, 5) is 11.7. The monoisotopic (exact) mass is 253 g/mol. The average molecular weight is 253 g/mol. The molecule has 1 aromatic rings. The van der Waals surface area contributed by atoms with Crippen LogP contribution in [0.5, 0.6) is 17.2 Å². The standard InChI is InChI=1S/C13H19NO4/c1-3-4-8(2)13(18)14-7-10-11(16)5-9(15)6-12(10)17/h5-6,8,15-17H,3-4,7H2,1-2H3,(H,14,18). The van der Waals surface area contributed by atoms with Crippen molar-refractivity contribution in [2.45, 2.75) is 33.2 Å². The number of benzene rings is 1. The number of phenols is 3. The van der Waals surface area contributed by atoms with Gasteiger partial charge in [0.2, 0.25) is 5.91 Å². The summed E-state index contributed by atoms with van der Waals surface area (Å²) in [6.07, 6.45) is 1.71. The van der Waals surface area contributed by atoms with Crippen molar-refractivity contribution in [2.75, 3.05) is 0 Å². The summed E-state index contributed by atoms with van der Waals surface area (Å²) in [6.45, 7) is 3.86. The number of nitrogens with one attached hydrogen (secondary N) is 1. The largest absolute Gasteiger partial charge is 0.508 e. The molecule has 1 rings (SSSR count). The third kappa shape index (κ3) is 3.55.